The number of hydrogen-bond donors (Lipinski definition) is 1. The summed E-state index contributed by atoms with van der Waals surface area (Å²) in [5, 5.41) is 10.3. The minimum Gasteiger partial charge on any atom is -0.389 e. The molecular formula is C21H34O3S. The molecule has 1 rings (SSSR count). The van der Waals surface area contributed by atoms with Gasteiger partial charge in [-0.3, -0.25) is 0 Å². The van der Waals surface area contributed by atoms with Crippen molar-refractivity contribution in [3.63, 3.8) is 0 Å². The number of rotatable bonds is 11. The first-order chi connectivity index (χ1) is 11.9. The summed E-state index contributed by atoms with van der Waals surface area (Å²) in [5.74, 6) is -0.0393. The Balaban J connectivity index is 3.27. The molecule has 0 aliphatic rings. The lowest BCUT2D eigenvalue weighted by Gasteiger charge is -2.21. The Morgan fingerprint density at radius 3 is 2.12 bits per heavy atom. The predicted octanol–water partition coefficient (Wildman–Crippen LogP) is 5.42. The summed E-state index contributed by atoms with van der Waals surface area (Å²) < 4.78 is 26.5. The molecule has 3 nitrogen and oxygen atoms in total. The zero-order chi connectivity index (χ0) is 18.9. The van der Waals surface area contributed by atoms with E-state index in [4.69, 9.17) is 0 Å². The van der Waals surface area contributed by atoms with E-state index >= 15 is 0 Å². The molecule has 4 heteroatoms. The van der Waals surface area contributed by atoms with Crippen LogP contribution in [-0.2, 0) is 9.84 Å². The van der Waals surface area contributed by atoms with Crippen molar-refractivity contribution in [1.82, 2.24) is 0 Å². The molecule has 0 aromatic heterocycles. The molecule has 0 aliphatic heterocycles. The average molecular weight is 367 g/mol. The Morgan fingerprint density at radius 1 is 1.04 bits per heavy atom. The molecule has 0 bridgehead atoms. The smallest absolute Gasteiger partial charge is 0.202 e. The van der Waals surface area contributed by atoms with E-state index in [0.29, 0.717) is 16.2 Å². The minimum atomic E-state index is -3.58. The second kappa shape index (κ2) is 10.8. The summed E-state index contributed by atoms with van der Waals surface area (Å²) in [7, 11) is -3.58. The highest BCUT2D eigenvalue weighted by Crippen LogP contribution is 2.32. The normalized spacial score (nSPS) is 15.2. The van der Waals surface area contributed by atoms with Crippen molar-refractivity contribution in [2.45, 2.75) is 83.6 Å². The molecule has 2 atom stereocenters. The van der Waals surface area contributed by atoms with E-state index < -0.39 is 15.9 Å². The molecule has 0 spiro atoms. The molecule has 0 saturated carbocycles. The van der Waals surface area contributed by atoms with Gasteiger partial charge in [-0.25, -0.2) is 8.42 Å². The largest absolute Gasteiger partial charge is 0.389 e. The van der Waals surface area contributed by atoms with Crippen molar-refractivity contribution in [3.8, 4) is 0 Å². The van der Waals surface area contributed by atoms with Gasteiger partial charge < -0.3 is 5.11 Å². The average Bonchev–Trinajstić information content (AvgIpc) is 2.59. The second-order valence-corrected chi connectivity index (χ2v) is 8.79. The summed E-state index contributed by atoms with van der Waals surface area (Å²) in [6, 6.07) is 6.99. The van der Waals surface area contributed by atoms with Crippen molar-refractivity contribution in [2.24, 2.45) is 5.92 Å². The van der Waals surface area contributed by atoms with Crippen molar-refractivity contribution < 1.29 is 13.5 Å². The third kappa shape index (κ3) is 6.59. The maximum absolute atomic E-state index is 13.2. The Labute approximate surface area is 154 Å². The van der Waals surface area contributed by atoms with Gasteiger partial charge in [0.05, 0.1) is 15.9 Å². The van der Waals surface area contributed by atoms with Crippen LogP contribution in [-0.4, -0.2) is 19.6 Å². The van der Waals surface area contributed by atoms with Gasteiger partial charge in [0.15, 0.2) is 0 Å². The Hall–Kier alpha value is -1.13. The third-order valence-electron chi connectivity index (χ3n) is 4.65. The van der Waals surface area contributed by atoms with E-state index in [2.05, 4.69) is 13.8 Å². The number of hydrogen-bond acceptors (Lipinski definition) is 3. The van der Waals surface area contributed by atoms with Crippen LogP contribution in [0.15, 0.2) is 40.1 Å². The first-order valence-electron chi connectivity index (χ1n) is 9.58. The fraction of sp³-hybridized carbons (Fsp3) is 0.619. The van der Waals surface area contributed by atoms with Crippen LogP contribution in [0.25, 0.3) is 0 Å². The summed E-state index contributed by atoms with van der Waals surface area (Å²) >= 11 is 0. The number of unbranched alkanes of at least 4 members (excludes halogenated alkanes) is 2. The molecule has 0 heterocycles. The number of aliphatic hydroxyl groups excluding tert-OH is 1. The molecular weight excluding hydrogens is 332 g/mol. The van der Waals surface area contributed by atoms with Crippen LogP contribution in [0.4, 0.5) is 0 Å². The quantitative estimate of drug-likeness (QED) is 0.569. The highest BCUT2D eigenvalue weighted by Gasteiger charge is 2.27. The molecule has 0 aliphatic carbocycles. The lowest BCUT2D eigenvalue weighted by molar-refractivity contribution is 0.207. The van der Waals surface area contributed by atoms with Gasteiger partial charge in [0, 0.05) is 0 Å². The second-order valence-electron chi connectivity index (χ2n) is 6.84. The lowest BCUT2D eigenvalue weighted by Crippen LogP contribution is -2.17. The molecule has 0 amide bonds. The highest BCUT2D eigenvalue weighted by atomic mass is 32.2. The molecule has 1 aromatic carbocycles. The van der Waals surface area contributed by atoms with Gasteiger partial charge in [-0.15, -0.1) is 0 Å². The molecule has 0 unspecified atom stereocenters. The maximum atomic E-state index is 13.2. The van der Waals surface area contributed by atoms with Crippen LogP contribution >= 0.6 is 0 Å². The van der Waals surface area contributed by atoms with Gasteiger partial charge >= 0.3 is 0 Å². The van der Waals surface area contributed by atoms with Crippen molar-refractivity contribution in [2.75, 3.05) is 0 Å². The number of allylic oxidation sites excluding steroid dienone is 1. The molecule has 0 radical (unpaired) electrons. The summed E-state index contributed by atoms with van der Waals surface area (Å²) in [4.78, 5) is 0.720. The molecule has 1 N–H and O–H groups in total. The van der Waals surface area contributed by atoms with Crippen LogP contribution < -0.4 is 0 Å². The van der Waals surface area contributed by atoms with Crippen LogP contribution in [0.1, 0.15) is 71.3 Å². The van der Waals surface area contributed by atoms with Crippen molar-refractivity contribution >= 4 is 9.84 Å². The Bertz CT molecular complexity index is 630. The minimum absolute atomic E-state index is 0.0393. The number of aryl methyl sites for hydroxylation is 1. The first kappa shape index (κ1) is 21.9. The summed E-state index contributed by atoms with van der Waals surface area (Å²) in [6.45, 7) is 8.15. The van der Waals surface area contributed by atoms with Gasteiger partial charge in [0.1, 0.15) is 0 Å². The number of benzene rings is 1. The fourth-order valence-electron chi connectivity index (χ4n) is 2.98. The van der Waals surface area contributed by atoms with Crippen molar-refractivity contribution in [1.29, 1.82) is 0 Å². The van der Waals surface area contributed by atoms with Gasteiger partial charge in [-0.2, -0.15) is 0 Å². The molecule has 1 aromatic rings. The fourth-order valence-corrected chi connectivity index (χ4v) is 4.81. The van der Waals surface area contributed by atoms with E-state index in [-0.39, 0.29) is 5.92 Å². The van der Waals surface area contributed by atoms with Gasteiger partial charge in [-0.05, 0) is 50.3 Å². The van der Waals surface area contributed by atoms with Gasteiger partial charge in [0.25, 0.3) is 0 Å². The van der Waals surface area contributed by atoms with E-state index in [1.807, 2.05) is 26.0 Å². The van der Waals surface area contributed by atoms with E-state index in [1.54, 1.807) is 18.2 Å². The monoisotopic (exact) mass is 366 g/mol. The first-order valence-corrected chi connectivity index (χ1v) is 11.1. The zero-order valence-corrected chi connectivity index (χ0v) is 17.0. The maximum Gasteiger partial charge on any atom is 0.202 e. The van der Waals surface area contributed by atoms with E-state index in [0.717, 1.165) is 44.1 Å². The topological polar surface area (TPSA) is 54.4 Å². The Kier molecular flexibility index (Phi) is 9.44. The summed E-state index contributed by atoms with van der Waals surface area (Å²) in [5.41, 5.74) is 1.03. The number of sulfone groups is 1. The highest BCUT2D eigenvalue weighted by molar-refractivity contribution is 7.95. The molecule has 0 fully saturated rings. The predicted molar refractivity (Wildman–Crippen MR) is 105 cm³/mol. The zero-order valence-electron chi connectivity index (χ0n) is 16.2. The number of aliphatic hydroxyl groups is 1. The summed E-state index contributed by atoms with van der Waals surface area (Å²) in [6.07, 6.45) is 7.01. The van der Waals surface area contributed by atoms with Crippen LogP contribution in [0, 0.1) is 12.8 Å². The third-order valence-corrected chi connectivity index (χ3v) is 6.64. The Morgan fingerprint density at radius 2 is 1.60 bits per heavy atom. The van der Waals surface area contributed by atoms with Crippen LogP contribution in [0.5, 0.6) is 0 Å². The van der Waals surface area contributed by atoms with E-state index in [1.165, 1.54) is 0 Å². The van der Waals surface area contributed by atoms with Crippen LogP contribution in [0.2, 0.25) is 0 Å². The van der Waals surface area contributed by atoms with Crippen LogP contribution in [0.3, 0.4) is 0 Å². The molecule has 25 heavy (non-hydrogen) atoms. The molecule has 142 valence electrons. The van der Waals surface area contributed by atoms with Gasteiger partial charge in [0.2, 0.25) is 9.84 Å². The SMILES string of the molecule is CCCC[C@H](CC)/C(=C/[C@H](O)CCCC)S(=O)(=O)c1ccc(C)cc1. The standard InChI is InChI=1S/C21H34O3S/c1-5-8-10-18(7-3)21(16-19(22)11-9-6-2)25(23,24)20-14-12-17(4)13-15-20/h12-16,18-19,22H,5-11H2,1-4H3/b21-16-/t18-,19+/m0/s1. The van der Waals surface area contributed by atoms with Gasteiger partial charge in [-0.1, -0.05) is 64.2 Å². The lowest BCUT2D eigenvalue weighted by atomic mass is 9.97. The van der Waals surface area contributed by atoms with Crippen molar-refractivity contribution in [3.05, 3.63) is 40.8 Å². The molecule has 0 saturated heterocycles. The van der Waals surface area contributed by atoms with E-state index in [9.17, 15) is 13.5 Å².